The number of methoxy groups -OCH3 is 1. The molecule has 0 spiro atoms. The number of rotatable bonds is 8. The highest BCUT2D eigenvalue weighted by Gasteiger charge is 2.06. The normalized spacial score (nSPS) is 11.9. The lowest BCUT2D eigenvalue weighted by Gasteiger charge is -2.07. The zero-order valence-corrected chi connectivity index (χ0v) is 11.0. The largest absolute Gasteiger partial charge is 0.383 e. The maximum absolute atomic E-state index is 11.1. The molecule has 6 nitrogen and oxygen atoms in total. The number of hydrogen-bond acceptors (Lipinski definition) is 5. The SMILES string of the molecule is COCCNCc1ccnn1CCS(C)(=O)=O. The van der Waals surface area contributed by atoms with Gasteiger partial charge in [0.05, 0.1) is 24.6 Å². The van der Waals surface area contributed by atoms with Gasteiger partial charge in [0.2, 0.25) is 0 Å². The van der Waals surface area contributed by atoms with Crippen molar-refractivity contribution in [3.63, 3.8) is 0 Å². The van der Waals surface area contributed by atoms with Gasteiger partial charge in [-0.25, -0.2) is 8.42 Å². The molecule has 0 atom stereocenters. The summed E-state index contributed by atoms with van der Waals surface area (Å²) in [6, 6.07) is 1.88. The molecular formula is C10H19N3O3S. The van der Waals surface area contributed by atoms with E-state index in [-0.39, 0.29) is 5.75 Å². The highest BCUT2D eigenvalue weighted by atomic mass is 32.2. The number of ether oxygens (including phenoxy) is 1. The molecule has 0 aromatic carbocycles. The van der Waals surface area contributed by atoms with E-state index < -0.39 is 9.84 Å². The summed E-state index contributed by atoms with van der Waals surface area (Å²) in [6.07, 6.45) is 2.91. The number of hydrogen-bond donors (Lipinski definition) is 1. The Balaban J connectivity index is 2.43. The van der Waals surface area contributed by atoms with E-state index >= 15 is 0 Å². The minimum atomic E-state index is -2.95. The molecule has 0 aliphatic carbocycles. The fourth-order valence-corrected chi connectivity index (χ4v) is 1.86. The molecule has 1 aromatic heterocycles. The third kappa shape index (κ3) is 5.81. The fraction of sp³-hybridized carbons (Fsp3) is 0.700. The van der Waals surface area contributed by atoms with Crippen LogP contribution in [0.5, 0.6) is 0 Å². The summed E-state index contributed by atoms with van der Waals surface area (Å²) in [5.74, 6) is 0.111. The van der Waals surface area contributed by atoms with E-state index in [2.05, 4.69) is 10.4 Å². The minimum Gasteiger partial charge on any atom is -0.383 e. The van der Waals surface area contributed by atoms with E-state index in [0.717, 1.165) is 12.2 Å². The van der Waals surface area contributed by atoms with Gasteiger partial charge in [0.1, 0.15) is 9.84 Å². The van der Waals surface area contributed by atoms with Crippen molar-refractivity contribution < 1.29 is 13.2 Å². The second-order valence-electron chi connectivity index (χ2n) is 3.85. The summed E-state index contributed by atoms with van der Waals surface area (Å²) in [6.45, 7) is 2.46. The average molecular weight is 261 g/mol. The first kappa shape index (κ1) is 14.1. The van der Waals surface area contributed by atoms with Crippen LogP contribution < -0.4 is 5.32 Å². The molecule has 7 heteroatoms. The van der Waals surface area contributed by atoms with Crippen LogP contribution >= 0.6 is 0 Å². The van der Waals surface area contributed by atoms with Crippen LogP contribution in [0.25, 0.3) is 0 Å². The summed E-state index contributed by atoms with van der Waals surface area (Å²) in [7, 11) is -1.30. The van der Waals surface area contributed by atoms with Crippen molar-refractivity contribution in [3.8, 4) is 0 Å². The Labute approximate surface area is 102 Å². The van der Waals surface area contributed by atoms with Crippen LogP contribution in [0.3, 0.4) is 0 Å². The molecule has 0 radical (unpaired) electrons. The van der Waals surface area contributed by atoms with Crippen molar-refractivity contribution in [1.82, 2.24) is 15.1 Å². The maximum atomic E-state index is 11.1. The van der Waals surface area contributed by atoms with Crippen LogP contribution in [0.15, 0.2) is 12.3 Å². The molecule has 0 aliphatic heterocycles. The predicted octanol–water partition coefficient (Wildman–Crippen LogP) is -0.336. The lowest BCUT2D eigenvalue weighted by atomic mass is 10.4. The van der Waals surface area contributed by atoms with Crippen molar-refractivity contribution >= 4 is 9.84 Å². The molecule has 0 saturated heterocycles. The Morgan fingerprint density at radius 3 is 2.94 bits per heavy atom. The van der Waals surface area contributed by atoms with Gasteiger partial charge in [-0.15, -0.1) is 0 Å². The molecule has 1 aromatic rings. The van der Waals surface area contributed by atoms with E-state index in [4.69, 9.17) is 4.74 Å². The highest BCUT2D eigenvalue weighted by molar-refractivity contribution is 7.90. The Morgan fingerprint density at radius 1 is 1.53 bits per heavy atom. The minimum absolute atomic E-state index is 0.111. The molecular weight excluding hydrogens is 242 g/mol. The molecule has 0 amide bonds. The molecule has 17 heavy (non-hydrogen) atoms. The third-order valence-electron chi connectivity index (χ3n) is 2.27. The molecule has 0 aliphatic rings. The Kier molecular flexibility index (Phi) is 5.60. The van der Waals surface area contributed by atoms with Crippen LogP contribution in [0, 0.1) is 0 Å². The molecule has 0 unspecified atom stereocenters. The molecule has 0 fully saturated rings. The van der Waals surface area contributed by atoms with Crippen molar-refractivity contribution in [1.29, 1.82) is 0 Å². The lowest BCUT2D eigenvalue weighted by molar-refractivity contribution is 0.199. The summed E-state index contributed by atoms with van der Waals surface area (Å²) in [5, 5.41) is 7.29. The van der Waals surface area contributed by atoms with Crippen molar-refractivity contribution in [2.75, 3.05) is 32.3 Å². The summed E-state index contributed by atoms with van der Waals surface area (Å²) < 4.78 is 28.8. The Hall–Kier alpha value is -0.920. The smallest absolute Gasteiger partial charge is 0.149 e. The van der Waals surface area contributed by atoms with Gasteiger partial charge in [-0.2, -0.15) is 5.10 Å². The van der Waals surface area contributed by atoms with Crippen LogP contribution in [0.2, 0.25) is 0 Å². The molecule has 0 saturated carbocycles. The van der Waals surface area contributed by atoms with Gasteiger partial charge in [0.25, 0.3) is 0 Å². The van der Waals surface area contributed by atoms with Crippen molar-refractivity contribution in [2.24, 2.45) is 0 Å². The van der Waals surface area contributed by atoms with Crippen LogP contribution in [-0.2, 0) is 27.7 Å². The summed E-state index contributed by atoms with van der Waals surface area (Å²) in [5.41, 5.74) is 0.977. The zero-order chi connectivity index (χ0) is 12.7. The van der Waals surface area contributed by atoms with Crippen molar-refractivity contribution in [3.05, 3.63) is 18.0 Å². The second kappa shape index (κ2) is 6.73. The highest BCUT2D eigenvalue weighted by Crippen LogP contribution is 1.99. The van der Waals surface area contributed by atoms with Crippen molar-refractivity contribution in [2.45, 2.75) is 13.1 Å². The van der Waals surface area contributed by atoms with Gasteiger partial charge in [0, 0.05) is 32.7 Å². The first-order valence-corrected chi connectivity index (χ1v) is 7.47. The fourth-order valence-electron chi connectivity index (χ4n) is 1.35. The Morgan fingerprint density at radius 2 is 2.29 bits per heavy atom. The van der Waals surface area contributed by atoms with Gasteiger partial charge >= 0.3 is 0 Å². The van der Waals surface area contributed by atoms with Gasteiger partial charge in [0.15, 0.2) is 0 Å². The number of sulfone groups is 1. The van der Waals surface area contributed by atoms with Gasteiger partial charge in [-0.05, 0) is 6.07 Å². The monoisotopic (exact) mass is 261 g/mol. The number of nitrogens with one attached hydrogen (secondary N) is 1. The van der Waals surface area contributed by atoms with Gasteiger partial charge in [-0.1, -0.05) is 0 Å². The van der Waals surface area contributed by atoms with E-state index in [1.54, 1.807) is 18.0 Å². The molecule has 98 valence electrons. The van der Waals surface area contributed by atoms with E-state index in [0.29, 0.717) is 19.7 Å². The number of aryl methyl sites for hydroxylation is 1. The zero-order valence-electron chi connectivity index (χ0n) is 10.2. The molecule has 0 bridgehead atoms. The summed E-state index contributed by atoms with van der Waals surface area (Å²) in [4.78, 5) is 0. The van der Waals surface area contributed by atoms with E-state index in [1.165, 1.54) is 6.26 Å². The topological polar surface area (TPSA) is 73.2 Å². The number of nitrogens with zero attached hydrogens (tertiary/aromatic N) is 2. The maximum Gasteiger partial charge on any atom is 0.149 e. The van der Waals surface area contributed by atoms with Crippen LogP contribution in [0.4, 0.5) is 0 Å². The first-order valence-electron chi connectivity index (χ1n) is 5.41. The molecule has 1 heterocycles. The van der Waals surface area contributed by atoms with Crippen LogP contribution in [-0.4, -0.2) is 50.5 Å². The molecule has 1 N–H and O–H groups in total. The summed E-state index contributed by atoms with van der Waals surface area (Å²) >= 11 is 0. The Bertz CT molecular complexity index is 428. The second-order valence-corrected chi connectivity index (χ2v) is 6.10. The van der Waals surface area contributed by atoms with E-state index in [1.807, 2.05) is 6.07 Å². The standard InChI is InChI=1S/C10H19N3O3S/c1-16-7-5-11-9-10-3-4-12-13(10)6-8-17(2,14)15/h3-4,11H,5-9H2,1-2H3. The van der Waals surface area contributed by atoms with Crippen LogP contribution in [0.1, 0.15) is 5.69 Å². The van der Waals surface area contributed by atoms with Gasteiger partial charge in [-0.3, -0.25) is 4.68 Å². The average Bonchev–Trinajstić information content (AvgIpc) is 2.68. The molecule has 1 rings (SSSR count). The van der Waals surface area contributed by atoms with Gasteiger partial charge < -0.3 is 10.1 Å². The first-order chi connectivity index (χ1) is 8.03. The predicted molar refractivity (Wildman–Crippen MR) is 65.5 cm³/mol. The van der Waals surface area contributed by atoms with E-state index in [9.17, 15) is 8.42 Å². The lowest BCUT2D eigenvalue weighted by Crippen LogP contribution is -2.22. The third-order valence-corrected chi connectivity index (χ3v) is 3.19. The quantitative estimate of drug-likeness (QED) is 0.648. The number of aromatic nitrogens is 2.